The summed E-state index contributed by atoms with van der Waals surface area (Å²) in [6.45, 7) is 26.7. The summed E-state index contributed by atoms with van der Waals surface area (Å²) in [5.41, 5.74) is 10.5. The first-order valence-corrected chi connectivity index (χ1v) is 32.9. The number of rotatable bonds is 9. The zero-order chi connectivity index (χ0) is 66.9. The van der Waals surface area contributed by atoms with E-state index in [0.717, 1.165) is 137 Å². The molecule has 3 N–H and O–H groups in total. The minimum Gasteiger partial charge on any atom is -0.444 e. The Labute approximate surface area is 555 Å². The van der Waals surface area contributed by atoms with Gasteiger partial charge in [-0.15, -0.1) is 0 Å². The van der Waals surface area contributed by atoms with Crippen LogP contribution < -0.4 is 16.0 Å². The maximum absolute atomic E-state index is 12.6. The molecule has 508 valence electrons. The molecule has 0 saturated carbocycles. The molecule has 0 radical (unpaired) electrons. The predicted octanol–water partition coefficient (Wildman–Crippen LogP) is 9.85. The second-order valence-electron chi connectivity index (χ2n) is 27.8. The van der Waals surface area contributed by atoms with Crippen LogP contribution in [0.1, 0.15) is 140 Å². The summed E-state index contributed by atoms with van der Waals surface area (Å²) in [4.78, 5) is 56.4. The lowest BCUT2D eigenvalue weighted by molar-refractivity contribution is 0.0188. The molecule has 15 heterocycles. The third-order valence-corrected chi connectivity index (χ3v) is 16.9. The number of nitrogens with one attached hydrogen (secondary N) is 3. The number of hydrogen-bond acceptors (Lipinski definition) is 21. The predicted molar refractivity (Wildman–Crippen MR) is 354 cm³/mol. The molecule has 2 atom stereocenters. The van der Waals surface area contributed by atoms with Crippen LogP contribution in [0.3, 0.4) is 0 Å². The van der Waals surface area contributed by atoms with E-state index < -0.39 is 16.8 Å². The lowest BCUT2D eigenvalue weighted by Gasteiger charge is -2.34. The van der Waals surface area contributed by atoms with E-state index in [4.69, 9.17) is 28.4 Å². The number of carbonyl (C=O) groups excluding carboxylic acids is 3. The number of anilines is 6. The number of pyridine rings is 3. The Morgan fingerprint density at radius 1 is 0.479 bits per heavy atom. The van der Waals surface area contributed by atoms with Crippen molar-refractivity contribution < 1.29 is 42.8 Å². The normalized spacial score (nSPS) is 18.3. The average Bonchev–Trinajstić information content (AvgIpc) is 1.52. The van der Waals surface area contributed by atoms with Crippen LogP contribution in [0, 0.1) is 0 Å². The van der Waals surface area contributed by atoms with Crippen LogP contribution in [0.5, 0.6) is 0 Å². The summed E-state index contributed by atoms with van der Waals surface area (Å²) in [7, 11) is 0. The van der Waals surface area contributed by atoms with Crippen LogP contribution in [0.25, 0.3) is 22.5 Å². The minimum atomic E-state index is -0.524. The van der Waals surface area contributed by atoms with Gasteiger partial charge in [0.05, 0.1) is 93.4 Å². The molecule has 6 aliphatic heterocycles. The molecule has 3 amide bonds. The molecule has 0 aliphatic carbocycles. The highest BCUT2D eigenvalue weighted by Gasteiger charge is 2.32. The molecule has 0 unspecified atom stereocenters. The van der Waals surface area contributed by atoms with E-state index in [9.17, 15) is 14.4 Å². The summed E-state index contributed by atoms with van der Waals surface area (Å²) in [6.07, 6.45) is 16.5. The van der Waals surface area contributed by atoms with Gasteiger partial charge in [0.25, 0.3) is 0 Å². The second kappa shape index (κ2) is 27.2. The zero-order valence-electron chi connectivity index (χ0n) is 56.0. The molecule has 0 bridgehead atoms. The molecule has 0 aromatic carbocycles. The van der Waals surface area contributed by atoms with Gasteiger partial charge in [0.1, 0.15) is 35.8 Å². The van der Waals surface area contributed by atoms with Gasteiger partial charge < -0.3 is 59.1 Å². The first-order chi connectivity index (χ1) is 46.1. The average molecular weight is 1320 g/mol. The van der Waals surface area contributed by atoms with Crippen molar-refractivity contribution in [1.29, 1.82) is 0 Å². The fourth-order valence-corrected chi connectivity index (χ4v) is 12.5. The molecule has 6 aliphatic rings. The molecule has 2 fully saturated rings. The number of nitrogens with zero attached hydrogens (tertiary/aromatic N) is 18. The fourth-order valence-electron chi connectivity index (χ4n) is 12.5. The first kappa shape index (κ1) is 65.0. The monoisotopic (exact) mass is 1320 g/mol. The summed E-state index contributed by atoms with van der Waals surface area (Å²) < 4.78 is 44.5. The van der Waals surface area contributed by atoms with E-state index in [1.54, 1.807) is 31.1 Å². The number of aromatic nitrogens is 15. The van der Waals surface area contributed by atoms with Gasteiger partial charge in [-0.3, -0.25) is 14.0 Å². The number of amides is 3. The Morgan fingerprint density at radius 3 is 1.26 bits per heavy atom. The summed E-state index contributed by atoms with van der Waals surface area (Å²) >= 11 is 0. The number of hydrogen-bond donors (Lipinski definition) is 3. The van der Waals surface area contributed by atoms with Gasteiger partial charge in [0.15, 0.2) is 34.4 Å². The van der Waals surface area contributed by atoms with E-state index >= 15 is 0 Å². The highest BCUT2D eigenvalue weighted by molar-refractivity contribution is 5.81. The highest BCUT2D eigenvalue weighted by atomic mass is 16.6. The Bertz CT molecular complexity index is 4060. The topological polar surface area (TPSA) is 296 Å². The van der Waals surface area contributed by atoms with Crippen molar-refractivity contribution in [1.82, 2.24) is 87.8 Å². The van der Waals surface area contributed by atoms with E-state index in [-0.39, 0.29) is 30.1 Å². The molecule has 0 spiro atoms. The Balaban J connectivity index is 0.000000130. The number of ether oxygens (including phenoxy) is 6. The van der Waals surface area contributed by atoms with Crippen LogP contribution in [0.4, 0.5) is 48.9 Å². The number of carbonyl (C=O) groups is 3. The molecule has 9 aromatic rings. The Morgan fingerprint density at radius 2 is 0.865 bits per heavy atom. The van der Waals surface area contributed by atoms with Crippen LogP contribution in [-0.2, 0) is 67.9 Å². The van der Waals surface area contributed by atoms with Crippen LogP contribution in [0.15, 0.2) is 80.0 Å². The van der Waals surface area contributed by atoms with Crippen LogP contribution in [0.2, 0.25) is 0 Å². The highest BCUT2D eigenvalue weighted by Crippen LogP contribution is 2.35. The molecular weight excluding hydrogens is 1230 g/mol. The molecular formula is C66H85N21O9. The second-order valence-corrected chi connectivity index (χ2v) is 27.8. The van der Waals surface area contributed by atoms with Gasteiger partial charge in [-0.25, -0.2) is 42.9 Å². The standard InChI is InChI=1S/2C22H29N7O3.C22H27N7O3/c3*1-22(2,3)32-21(30)27-6-4-5-15(11-27)16-9-18(20-23-14-24-29(20)12-16)25-19-10-17-13-31-8-7-28(17)26-19/h2*9-10,12,14-15H,4-8,11,13H2,1-3H3,(H,25,26);5,9-10,12,14H,4,6-8,11,13H2,1-3H3,(H,25,26)/t2*15-;/m10./s1. The van der Waals surface area contributed by atoms with Crippen molar-refractivity contribution in [2.75, 3.05) is 75.0 Å². The Hall–Kier alpha value is -9.68. The molecule has 30 heteroatoms. The lowest BCUT2D eigenvalue weighted by Crippen LogP contribution is -2.42. The maximum Gasteiger partial charge on any atom is 0.410 e. The van der Waals surface area contributed by atoms with E-state index in [2.05, 4.69) is 79.7 Å². The Kier molecular flexibility index (Phi) is 18.4. The van der Waals surface area contributed by atoms with Gasteiger partial charge >= 0.3 is 18.3 Å². The number of fused-ring (bicyclic) bond motifs is 6. The summed E-state index contributed by atoms with van der Waals surface area (Å²) in [6, 6.07) is 12.2. The van der Waals surface area contributed by atoms with E-state index in [0.29, 0.717) is 84.6 Å². The van der Waals surface area contributed by atoms with E-state index in [1.165, 1.54) is 6.33 Å². The smallest absolute Gasteiger partial charge is 0.410 e. The van der Waals surface area contributed by atoms with Crippen molar-refractivity contribution in [2.45, 2.75) is 163 Å². The maximum atomic E-state index is 12.6. The number of piperidine rings is 2. The molecule has 15 rings (SSSR count). The fraction of sp³-hybridized carbons (Fsp3) is 0.515. The van der Waals surface area contributed by atoms with Gasteiger partial charge in [-0.2, -0.15) is 30.6 Å². The largest absolute Gasteiger partial charge is 0.444 e. The minimum absolute atomic E-state index is 0.189. The lowest BCUT2D eigenvalue weighted by atomic mass is 9.91. The van der Waals surface area contributed by atoms with Crippen molar-refractivity contribution in [3.63, 3.8) is 0 Å². The third kappa shape index (κ3) is 15.5. The molecule has 2 saturated heterocycles. The van der Waals surface area contributed by atoms with Gasteiger partial charge in [-0.1, -0.05) is 6.08 Å². The van der Waals surface area contributed by atoms with Gasteiger partial charge in [0.2, 0.25) is 0 Å². The SMILES string of the molecule is CC(C)(C)OC(=O)N1CCC=C(c2cc(Nc3cc4n(n3)CCOC4)c3ncnn3c2)C1.CC(C)(C)OC(=O)N1CCC[C@@H](c2cc(Nc3cc4n(n3)CCOC4)c3ncnn3c2)C1.CC(C)(C)OC(=O)N1CCC[C@H](c2cc(Nc3cc4n(n3)CCOC4)c3ncnn3c2)C1. The van der Waals surface area contributed by atoms with Crippen molar-refractivity contribution >= 4 is 75.3 Å². The molecule has 9 aromatic heterocycles. The third-order valence-electron chi connectivity index (χ3n) is 16.9. The summed E-state index contributed by atoms with van der Waals surface area (Å²) in [5.74, 6) is 2.63. The van der Waals surface area contributed by atoms with Gasteiger partial charge in [0, 0.05) is 87.9 Å². The first-order valence-electron chi connectivity index (χ1n) is 32.9. The van der Waals surface area contributed by atoms with Gasteiger partial charge in [-0.05, 0) is 135 Å². The van der Waals surface area contributed by atoms with Crippen molar-refractivity contribution in [2.24, 2.45) is 0 Å². The van der Waals surface area contributed by atoms with Crippen molar-refractivity contribution in [3.8, 4) is 0 Å². The zero-order valence-corrected chi connectivity index (χ0v) is 56.0. The van der Waals surface area contributed by atoms with Crippen molar-refractivity contribution in [3.05, 3.63) is 114 Å². The van der Waals surface area contributed by atoms with Crippen LogP contribution in [-0.4, -0.2) is 182 Å². The number of likely N-dealkylation sites (tertiary alicyclic amines) is 2. The molecule has 30 nitrogen and oxygen atoms in total. The summed E-state index contributed by atoms with van der Waals surface area (Å²) in [5, 5.41) is 37.2. The van der Waals surface area contributed by atoms with E-state index in [1.807, 2.05) is 129 Å². The quantitative estimate of drug-likeness (QED) is 0.113. The van der Waals surface area contributed by atoms with Crippen LogP contribution >= 0.6 is 0 Å². The molecule has 96 heavy (non-hydrogen) atoms.